The third-order valence-electron chi connectivity index (χ3n) is 11.3. The second-order valence-electron chi connectivity index (χ2n) is 15.0. The van der Waals surface area contributed by atoms with Crippen molar-refractivity contribution in [2.45, 2.75) is 95.2 Å². The Morgan fingerprint density at radius 2 is 1.73 bits per heavy atom. The maximum Gasteiger partial charge on any atom is 0.412 e. The summed E-state index contributed by atoms with van der Waals surface area (Å²) in [5.74, 6) is -3.97. The summed E-state index contributed by atoms with van der Waals surface area (Å²) in [6.45, 7) is 2.79. The molecule has 17 nitrogen and oxygen atoms in total. The number of amides is 2. The molecule has 0 saturated carbocycles. The molecule has 2 saturated heterocycles. The van der Waals surface area contributed by atoms with Gasteiger partial charge in [-0.2, -0.15) is 0 Å². The lowest BCUT2D eigenvalue weighted by atomic mass is 9.72. The molecule has 0 aromatic heterocycles. The molecule has 3 aromatic carbocycles. The Bertz CT molecular complexity index is 2160. The minimum absolute atomic E-state index is 0.00307. The van der Waals surface area contributed by atoms with Crippen molar-refractivity contribution in [2.75, 3.05) is 32.4 Å². The highest BCUT2D eigenvalue weighted by molar-refractivity contribution is 6.31. The Morgan fingerprint density at radius 3 is 2.44 bits per heavy atom. The highest BCUT2D eigenvalue weighted by atomic mass is 16.7. The first-order valence-corrected chi connectivity index (χ1v) is 19.4. The molecule has 17 heteroatoms. The van der Waals surface area contributed by atoms with Crippen molar-refractivity contribution in [1.29, 1.82) is 0 Å². The lowest BCUT2D eigenvalue weighted by Crippen LogP contribution is -2.52. The van der Waals surface area contributed by atoms with Crippen LogP contribution < -0.4 is 10.1 Å². The van der Waals surface area contributed by atoms with Gasteiger partial charge in [0.1, 0.15) is 48.9 Å². The molecule has 0 radical (unpaired) electrons. The average molecular weight is 819 g/mol. The maximum atomic E-state index is 14.0. The zero-order valence-electron chi connectivity index (χ0n) is 32.7. The molecule has 7 rings (SSSR count). The Morgan fingerprint density at radius 1 is 0.983 bits per heavy atom. The fourth-order valence-corrected chi connectivity index (χ4v) is 8.27. The zero-order valence-corrected chi connectivity index (χ0v) is 32.7. The fourth-order valence-electron chi connectivity index (χ4n) is 8.27. The molecular formula is C42H46N2O15. The molecule has 2 aliphatic carbocycles. The Kier molecular flexibility index (Phi) is 11.9. The number of hydrogen-bond donors (Lipinski definition) is 5. The Balaban J connectivity index is 1.09. The van der Waals surface area contributed by atoms with Gasteiger partial charge in [-0.25, -0.2) is 9.59 Å². The first-order chi connectivity index (χ1) is 28.3. The number of fused-ring (bicyclic) bond motifs is 4. The summed E-state index contributed by atoms with van der Waals surface area (Å²) in [5, 5.41) is 47.6. The van der Waals surface area contributed by atoms with Crippen LogP contribution in [-0.2, 0) is 41.5 Å². The van der Waals surface area contributed by atoms with E-state index in [9.17, 15) is 44.4 Å². The van der Waals surface area contributed by atoms with E-state index in [-0.39, 0.29) is 47.8 Å². The van der Waals surface area contributed by atoms with E-state index in [1.165, 1.54) is 30.2 Å². The molecule has 2 fully saturated rings. The molecule has 5 N–H and O–H groups in total. The molecule has 59 heavy (non-hydrogen) atoms. The summed E-state index contributed by atoms with van der Waals surface area (Å²) in [6, 6.07) is 10.4. The van der Waals surface area contributed by atoms with Crippen LogP contribution in [0.2, 0.25) is 0 Å². The number of carbonyl (C=O) groups excluding carboxylic acids is 5. The summed E-state index contributed by atoms with van der Waals surface area (Å²) < 4.78 is 34.6. The number of hydrogen-bond acceptors (Lipinski definition) is 15. The topological polar surface area (TPSA) is 237 Å². The summed E-state index contributed by atoms with van der Waals surface area (Å²) >= 11 is 0. The van der Waals surface area contributed by atoms with Crippen LogP contribution >= 0.6 is 0 Å². The number of aliphatic hydroxyl groups is 2. The third-order valence-corrected chi connectivity index (χ3v) is 11.3. The largest absolute Gasteiger partial charge is 0.507 e. The summed E-state index contributed by atoms with van der Waals surface area (Å²) in [5.41, 5.74) is -2.76. The molecule has 2 amide bonds. The molecule has 2 heterocycles. The van der Waals surface area contributed by atoms with Crippen LogP contribution in [0.4, 0.5) is 15.3 Å². The molecule has 3 aromatic rings. The number of anilines is 1. The van der Waals surface area contributed by atoms with E-state index in [0.29, 0.717) is 17.9 Å². The van der Waals surface area contributed by atoms with Crippen LogP contribution in [0.5, 0.6) is 17.2 Å². The van der Waals surface area contributed by atoms with Gasteiger partial charge >= 0.3 is 12.2 Å². The van der Waals surface area contributed by atoms with Crippen molar-refractivity contribution in [3.05, 3.63) is 81.4 Å². The minimum atomic E-state index is -2.33. The molecule has 6 atom stereocenters. The van der Waals surface area contributed by atoms with Crippen LogP contribution in [0.3, 0.4) is 0 Å². The molecule has 2 aliphatic heterocycles. The predicted molar refractivity (Wildman–Crippen MR) is 204 cm³/mol. The van der Waals surface area contributed by atoms with Crippen molar-refractivity contribution in [2.24, 2.45) is 0 Å². The lowest BCUT2D eigenvalue weighted by molar-refractivity contribution is -0.246. The first kappa shape index (κ1) is 41.6. The summed E-state index contributed by atoms with van der Waals surface area (Å²) in [4.78, 5) is 67.7. The van der Waals surface area contributed by atoms with E-state index >= 15 is 0 Å². The highest BCUT2D eigenvalue weighted by Crippen LogP contribution is 2.53. The normalized spacial score (nSPS) is 24.4. The van der Waals surface area contributed by atoms with Crippen molar-refractivity contribution in [3.63, 3.8) is 0 Å². The van der Waals surface area contributed by atoms with Gasteiger partial charge in [0, 0.05) is 41.6 Å². The number of methoxy groups -OCH3 is 1. The molecule has 0 unspecified atom stereocenters. The highest BCUT2D eigenvalue weighted by Gasteiger charge is 2.52. The van der Waals surface area contributed by atoms with Crippen LogP contribution in [0.15, 0.2) is 42.5 Å². The number of rotatable bonds is 12. The van der Waals surface area contributed by atoms with Gasteiger partial charge in [-0.05, 0) is 37.1 Å². The second kappa shape index (κ2) is 16.9. The smallest absolute Gasteiger partial charge is 0.412 e. The molecular weight excluding hydrogens is 772 g/mol. The first-order valence-electron chi connectivity index (χ1n) is 19.4. The molecule has 0 bridgehead atoms. The molecule has 314 valence electrons. The number of nitrogens with zero attached hydrogens (tertiary/aromatic N) is 1. The van der Waals surface area contributed by atoms with Gasteiger partial charge in [-0.3, -0.25) is 24.6 Å². The third kappa shape index (κ3) is 7.83. The minimum Gasteiger partial charge on any atom is -0.507 e. The van der Waals surface area contributed by atoms with Crippen molar-refractivity contribution >= 4 is 35.2 Å². The zero-order chi connectivity index (χ0) is 42.2. The molecule has 0 spiro atoms. The summed E-state index contributed by atoms with van der Waals surface area (Å²) in [7, 11) is 1.32. The number of phenols is 2. The van der Waals surface area contributed by atoms with Crippen molar-refractivity contribution in [3.8, 4) is 17.2 Å². The number of carbonyl (C=O) groups is 5. The van der Waals surface area contributed by atoms with Gasteiger partial charge in [0.15, 0.2) is 17.9 Å². The van der Waals surface area contributed by atoms with Crippen LogP contribution in [0, 0.1) is 0 Å². The number of aromatic hydroxyl groups is 2. The van der Waals surface area contributed by atoms with E-state index in [1.807, 2.05) is 0 Å². The maximum absolute atomic E-state index is 14.0. The second-order valence-corrected chi connectivity index (χ2v) is 15.0. The number of aliphatic hydroxyl groups excluding tert-OH is 1. The number of ketones is 3. The van der Waals surface area contributed by atoms with E-state index in [0.717, 1.165) is 19.3 Å². The number of nitrogens with one attached hydrogen (secondary N) is 1. The van der Waals surface area contributed by atoms with Gasteiger partial charge in [0.2, 0.25) is 5.78 Å². The molecule has 4 aliphatic rings. The fraction of sp³-hybridized carbons (Fsp3) is 0.452. The Labute approximate surface area is 338 Å². The predicted octanol–water partition coefficient (Wildman–Crippen LogP) is 4.42. The van der Waals surface area contributed by atoms with Gasteiger partial charge in [0.05, 0.1) is 48.7 Å². The quantitative estimate of drug-likeness (QED) is 0.0983. The average Bonchev–Trinajstić information content (AvgIpc) is 3.66. The van der Waals surface area contributed by atoms with E-state index < -0.39 is 108 Å². The van der Waals surface area contributed by atoms with Gasteiger partial charge in [-0.1, -0.05) is 44.0 Å². The van der Waals surface area contributed by atoms with Crippen molar-refractivity contribution < 1.29 is 72.8 Å². The lowest BCUT2D eigenvalue weighted by Gasteiger charge is -2.42. The Hall–Kier alpha value is -5.59. The van der Waals surface area contributed by atoms with Crippen LogP contribution in [-0.4, -0.2) is 112 Å². The van der Waals surface area contributed by atoms with Crippen LogP contribution in [0.1, 0.15) is 101 Å². The van der Waals surface area contributed by atoms with E-state index in [1.54, 1.807) is 31.2 Å². The van der Waals surface area contributed by atoms with Crippen molar-refractivity contribution in [1.82, 2.24) is 4.90 Å². The standard InChI is InChI=1S/C42H46N2O15/c1-4-5-6-14-55-40(51)43-23-12-10-22(11-13-23)19-56-41(52)44-20-57-39-21(2)58-30(15-26(39)44)59-28-17-42(53,29(46)18-45)16-25-32(28)38(50)34-33(36(25)48)35(47)24-8-7-9-27(54-3)31(24)37(34)49/h7-13,21,26,28,30,39,45,48,50,53H,4-6,14-20H2,1-3H3,(H,43,51)/t21-,26-,28-,30+,39+,42-/m0/s1. The van der Waals surface area contributed by atoms with Gasteiger partial charge < -0.3 is 48.8 Å². The van der Waals surface area contributed by atoms with Gasteiger partial charge in [0.25, 0.3) is 0 Å². The monoisotopic (exact) mass is 818 g/mol. The van der Waals surface area contributed by atoms with Gasteiger partial charge in [-0.15, -0.1) is 0 Å². The number of phenolic OH excluding ortho intramolecular Hbond substituents is 2. The summed E-state index contributed by atoms with van der Waals surface area (Å²) in [6.07, 6.45) is -3.52. The van der Waals surface area contributed by atoms with E-state index in [4.69, 9.17) is 28.4 Å². The number of ether oxygens (including phenoxy) is 6. The van der Waals surface area contributed by atoms with Crippen LogP contribution in [0.25, 0.3) is 0 Å². The number of Topliss-reactive ketones (excluding diaryl/α,β-unsaturated/α-hetero) is 1. The van der Waals surface area contributed by atoms with E-state index in [2.05, 4.69) is 12.2 Å². The SMILES string of the molecule is CCCCCOC(=O)Nc1ccc(COC(=O)N2CO[C@@H]3[C@H](C)O[C@H](O[C@H]4C[C@](O)(C(=O)CO)Cc5c(O)c6c(c(O)c54)C(=O)c4c(OC)cccc4C6=O)C[C@@H]32)cc1. The number of benzene rings is 3. The number of unbranched alkanes of at least 4 members (excludes halogenated alkanes) is 2.